The van der Waals surface area contributed by atoms with Gasteiger partial charge in [-0.25, -0.2) is 0 Å². The van der Waals surface area contributed by atoms with E-state index in [0.717, 1.165) is 22.7 Å². The molecular weight excluding hydrogens is 364 g/mol. The molecule has 0 saturated carbocycles. The Morgan fingerprint density at radius 3 is 2.63 bits per heavy atom. The smallest absolute Gasteiger partial charge is 0.230 e. The molecule has 3 aromatic rings. The second-order valence-electron chi connectivity index (χ2n) is 5.60. The molecule has 0 atom stereocenters. The molecule has 1 heterocycles. The van der Waals surface area contributed by atoms with E-state index in [2.05, 4.69) is 15.5 Å². The molecule has 7 nitrogen and oxygen atoms in total. The topological polar surface area (TPSA) is 78.3 Å². The standard InChI is InChI=1S/C19H20N4O3S/c1-25-16-8-6-14(7-9-16)11-20-18(24)12-27-19-22-21-13-23(19)15-4-3-5-17(10-15)26-2/h3-10,13H,11-12H2,1-2H3,(H,20,24). The molecular formula is C19H20N4O3S. The highest BCUT2D eigenvalue weighted by Crippen LogP contribution is 2.22. The van der Waals surface area contributed by atoms with Gasteiger partial charge in [-0.15, -0.1) is 10.2 Å². The summed E-state index contributed by atoms with van der Waals surface area (Å²) < 4.78 is 12.2. The molecule has 0 spiro atoms. The molecule has 2 aromatic carbocycles. The molecule has 8 heteroatoms. The van der Waals surface area contributed by atoms with Crippen molar-refractivity contribution in [3.05, 3.63) is 60.4 Å². The van der Waals surface area contributed by atoms with E-state index in [1.807, 2.05) is 53.1 Å². The lowest BCUT2D eigenvalue weighted by atomic mass is 10.2. The first-order valence-electron chi connectivity index (χ1n) is 8.26. The largest absolute Gasteiger partial charge is 0.497 e. The first-order valence-corrected chi connectivity index (χ1v) is 9.25. The summed E-state index contributed by atoms with van der Waals surface area (Å²) in [5.74, 6) is 1.71. The first kappa shape index (κ1) is 18.8. The van der Waals surface area contributed by atoms with Crippen LogP contribution in [0.1, 0.15) is 5.56 Å². The van der Waals surface area contributed by atoms with Gasteiger partial charge in [0.05, 0.1) is 25.7 Å². The monoisotopic (exact) mass is 384 g/mol. The van der Waals surface area contributed by atoms with Gasteiger partial charge in [0, 0.05) is 12.6 Å². The lowest BCUT2D eigenvalue weighted by Gasteiger charge is -2.08. The van der Waals surface area contributed by atoms with Crippen LogP contribution in [0.15, 0.2) is 60.0 Å². The summed E-state index contributed by atoms with van der Waals surface area (Å²) in [6, 6.07) is 15.2. The lowest BCUT2D eigenvalue weighted by Crippen LogP contribution is -2.24. The minimum Gasteiger partial charge on any atom is -0.497 e. The highest BCUT2D eigenvalue weighted by molar-refractivity contribution is 7.99. The third kappa shape index (κ3) is 5.01. The van der Waals surface area contributed by atoms with E-state index in [4.69, 9.17) is 9.47 Å². The van der Waals surface area contributed by atoms with E-state index in [-0.39, 0.29) is 11.7 Å². The van der Waals surface area contributed by atoms with Gasteiger partial charge in [0.1, 0.15) is 17.8 Å². The average molecular weight is 384 g/mol. The molecule has 3 rings (SSSR count). The summed E-state index contributed by atoms with van der Waals surface area (Å²) in [6.45, 7) is 0.464. The number of rotatable bonds is 8. The number of hydrogen-bond donors (Lipinski definition) is 1. The van der Waals surface area contributed by atoms with E-state index in [1.165, 1.54) is 11.8 Å². The number of benzene rings is 2. The molecule has 1 amide bonds. The number of methoxy groups -OCH3 is 2. The van der Waals surface area contributed by atoms with Crippen molar-refractivity contribution in [2.24, 2.45) is 0 Å². The SMILES string of the molecule is COc1ccc(CNC(=O)CSc2nncn2-c2cccc(OC)c2)cc1. The average Bonchev–Trinajstić information content (AvgIpc) is 3.20. The van der Waals surface area contributed by atoms with E-state index >= 15 is 0 Å². The van der Waals surface area contributed by atoms with Crippen molar-refractivity contribution in [1.29, 1.82) is 0 Å². The normalized spacial score (nSPS) is 10.4. The Morgan fingerprint density at radius 1 is 1.11 bits per heavy atom. The molecule has 0 saturated heterocycles. The Morgan fingerprint density at radius 2 is 1.89 bits per heavy atom. The zero-order valence-electron chi connectivity index (χ0n) is 15.1. The van der Waals surface area contributed by atoms with Gasteiger partial charge in [0.2, 0.25) is 5.91 Å². The van der Waals surface area contributed by atoms with Gasteiger partial charge >= 0.3 is 0 Å². The maximum absolute atomic E-state index is 12.1. The van der Waals surface area contributed by atoms with Crippen molar-refractivity contribution in [2.45, 2.75) is 11.7 Å². The summed E-state index contributed by atoms with van der Waals surface area (Å²) in [5, 5.41) is 11.6. The van der Waals surface area contributed by atoms with Crippen LogP contribution in [0.3, 0.4) is 0 Å². The number of carbonyl (C=O) groups is 1. The Kier molecular flexibility index (Phi) is 6.32. The number of aromatic nitrogens is 3. The van der Waals surface area contributed by atoms with Crippen molar-refractivity contribution >= 4 is 17.7 Å². The van der Waals surface area contributed by atoms with Crippen LogP contribution < -0.4 is 14.8 Å². The van der Waals surface area contributed by atoms with Gasteiger partial charge in [-0.05, 0) is 29.8 Å². The molecule has 27 heavy (non-hydrogen) atoms. The molecule has 0 bridgehead atoms. The summed E-state index contributed by atoms with van der Waals surface area (Å²) in [6.07, 6.45) is 1.62. The molecule has 1 N–H and O–H groups in total. The number of thioether (sulfide) groups is 1. The van der Waals surface area contributed by atoms with Crippen molar-refractivity contribution in [3.8, 4) is 17.2 Å². The predicted octanol–water partition coefficient (Wildman–Crippen LogP) is 2.69. The highest BCUT2D eigenvalue weighted by Gasteiger charge is 2.10. The van der Waals surface area contributed by atoms with Crippen molar-refractivity contribution < 1.29 is 14.3 Å². The van der Waals surface area contributed by atoms with Gasteiger partial charge in [0.15, 0.2) is 5.16 Å². The molecule has 0 aliphatic rings. The molecule has 0 aliphatic heterocycles. The fourth-order valence-corrected chi connectivity index (χ4v) is 3.14. The first-order chi connectivity index (χ1) is 13.2. The number of amides is 1. The zero-order chi connectivity index (χ0) is 19.1. The zero-order valence-corrected chi connectivity index (χ0v) is 15.9. The second-order valence-corrected chi connectivity index (χ2v) is 6.54. The fraction of sp³-hybridized carbons (Fsp3) is 0.211. The lowest BCUT2D eigenvalue weighted by molar-refractivity contribution is -0.118. The van der Waals surface area contributed by atoms with Crippen LogP contribution in [0.4, 0.5) is 0 Å². The van der Waals surface area contributed by atoms with E-state index in [9.17, 15) is 4.79 Å². The molecule has 140 valence electrons. The minimum atomic E-state index is -0.0731. The second kappa shape index (κ2) is 9.09. The number of carbonyl (C=O) groups excluding carboxylic acids is 1. The Hall–Kier alpha value is -3.00. The maximum Gasteiger partial charge on any atom is 0.230 e. The van der Waals surface area contributed by atoms with Gasteiger partial charge in [-0.1, -0.05) is 30.0 Å². The van der Waals surface area contributed by atoms with Crippen molar-refractivity contribution in [2.75, 3.05) is 20.0 Å². The number of nitrogens with one attached hydrogen (secondary N) is 1. The number of hydrogen-bond acceptors (Lipinski definition) is 6. The number of ether oxygens (including phenoxy) is 2. The Labute approximate surface area is 161 Å². The van der Waals surface area contributed by atoms with Gasteiger partial charge in [0.25, 0.3) is 0 Å². The third-order valence-electron chi connectivity index (χ3n) is 3.83. The third-order valence-corrected chi connectivity index (χ3v) is 4.77. The summed E-state index contributed by atoms with van der Waals surface area (Å²) in [5.41, 5.74) is 1.88. The predicted molar refractivity (Wildman–Crippen MR) is 103 cm³/mol. The molecule has 0 radical (unpaired) electrons. The van der Waals surface area contributed by atoms with Crippen molar-refractivity contribution in [1.82, 2.24) is 20.1 Å². The molecule has 0 unspecified atom stereocenters. The van der Waals surface area contributed by atoms with Gasteiger partial charge in [-0.2, -0.15) is 0 Å². The summed E-state index contributed by atoms with van der Waals surface area (Å²) in [4.78, 5) is 12.1. The van der Waals surface area contributed by atoms with Crippen molar-refractivity contribution in [3.63, 3.8) is 0 Å². The van der Waals surface area contributed by atoms with Crippen LogP contribution in [0.2, 0.25) is 0 Å². The molecule has 0 aliphatic carbocycles. The van der Waals surface area contributed by atoms with Crippen LogP contribution in [0.5, 0.6) is 11.5 Å². The van der Waals surface area contributed by atoms with Gasteiger partial charge in [-0.3, -0.25) is 9.36 Å². The Bertz CT molecular complexity index is 896. The summed E-state index contributed by atoms with van der Waals surface area (Å²) in [7, 11) is 3.24. The van der Waals surface area contributed by atoms with Crippen LogP contribution >= 0.6 is 11.8 Å². The van der Waals surface area contributed by atoms with Crippen LogP contribution in [-0.4, -0.2) is 40.6 Å². The highest BCUT2D eigenvalue weighted by atomic mass is 32.2. The maximum atomic E-state index is 12.1. The van der Waals surface area contributed by atoms with Crippen LogP contribution in [-0.2, 0) is 11.3 Å². The minimum absolute atomic E-state index is 0.0731. The van der Waals surface area contributed by atoms with E-state index < -0.39 is 0 Å². The Balaban J connectivity index is 1.55. The van der Waals surface area contributed by atoms with Gasteiger partial charge < -0.3 is 14.8 Å². The molecule has 0 fully saturated rings. The molecule has 1 aromatic heterocycles. The number of nitrogens with zero attached hydrogens (tertiary/aromatic N) is 3. The van der Waals surface area contributed by atoms with Crippen LogP contribution in [0.25, 0.3) is 5.69 Å². The quantitative estimate of drug-likeness (QED) is 0.602. The van der Waals surface area contributed by atoms with Crippen LogP contribution in [0, 0.1) is 0 Å². The fourth-order valence-electron chi connectivity index (χ4n) is 2.39. The summed E-state index contributed by atoms with van der Waals surface area (Å²) >= 11 is 1.33. The van der Waals surface area contributed by atoms with E-state index in [0.29, 0.717) is 11.7 Å². The van der Waals surface area contributed by atoms with E-state index in [1.54, 1.807) is 20.5 Å².